The average Bonchev–Trinajstić information content (AvgIpc) is 3.40. The highest BCUT2D eigenvalue weighted by molar-refractivity contribution is 6.09. The fraction of sp³-hybridized carbons (Fsp3) is 0.200. The third kappa shape index (κ3) is 5.09. The van der Waals surface area contributed by atoms with Crippen molar-refractivity contribution in [2.45, 2.75) is 44.6 Å². The Morgan fingerprint density at radius 1 is 0.750 bits per heavy atom. The van der Waals surface area contributed by atoms with Crippen molar-refractivity contribution in [1.29, 1.82) is 0 Å². The summed E-state index contributed by atoms with van der Waals surface area (Å²) in [7, 11) is 3.24. The molecule has 1 unspecified atom stereocenters. The molecule has 4 nitrogen and oxygen atoms in total. The molecule has 1 atom stereocenters. The zero-order chi connectivity index (χ0) is 36.6. The Kier molecular flexibility index (Phi) is 7.77. The van der Waals surface area contributed by atoms with Crippen molar-refractivity contribution >= 4 is 16.8 Å². The first-order valence-electron chi connectivity index (χ1n) is 17.1. The minimum absolute atomic E-state index is 0.214. The zero-order valence-corrected chi connectivity index (χ0v) is 29.5. The number of alkyl halides is 3. The maximum atomic E-state index is 13.4. The van der Waals surface area contributed by atoms with Crippen molar-refractivity contribution in [2.75, 3.05) is 14.2 Å². The lowest BCUT2D eigenvalue weighted by atomic mass is 9.76. The molecular weight excluding hydrogens is 661 g/mol. The van der Waals surface area contributed by atoms with Gasteiger partial charge in [-0.05, 0) is 94.2 Å². The van der Waals surface area contributed by atoms with Gasteiger partial charge in [-0.1, -0.05) is 86.2 Å². The SMILES string of the molecule is COc1ccc(C2(c3ccc(C)cc3)C=Cc3c4c(c5cc(CO)c(OC)cc5c3O2)-c2ccc(-c3ccc(C(F)(F)F)cc3)cc2C4(C)C)cc1. The Labute approximate surface area is 300 Å². The standard InChI is InChI=1S/C45H37F3O4/c1-26-6-11-30(12-7-26)44(31-15-17-33(50-4)18-16-31)21-20-35-41-40(36-22-29(25-49)39(51-5)24-37(36)42(35)52-44)34-19-10-28(23-38(34)43(41,2)3)27-8-13-32(14-9-27)45(46,47)48/h6-24,49H,25H2,1-5H3. The summed E-state index contributed by atoms with van der Waals surface area (Å²) >= 11 is 0. The zero-order valence-electron chi connectivity index (χ0n) is 29.5. The molecule has 7 heteroatoms. The number of aliphatic hydroxyl groups excluding tert-OH is 1. The number of hydrogen-bond acceptors (Lipinski definition) is 4. The van der Waals surface area contributed by atoms with Crippen LogP contribution < -0.4 is 14.2 Å². The molecule has 1 aliphatic heterocycles. The van der Waals surface area contributed by atoms with Gasteiger partial charge in [0, 0.05) is 33.1 Å². The summed E-state index contributed by atoms with van der Waals surface area (Å²) in [6, 6.07) is 31.6. The number of ether oxygens (including phenoxy) is 3. The Bertz CT molecular complexity index is 2390. The van der Waals surface area contributed by atoms with Crippen LogP contribution in [-0.2, 0) is 23.8 Å². The number of fused-ring (bicyclic) bond motifs is 8. The minimum Gasteiger partial charge on any atom is -0.497 e. The van der Waals surface area contributed by atoms with E-state index in [0.717, 1.165) is 78.7 Å². The first-order chi connectivity index (χ1) is 24.9. The second-order valence-electron chi connectivity index (χ2n) is 14.1. The molecule has 0 bridgehead atoms. The minimum atomic E-state index is -4.41. The molecule has 6 aromatic rings. The van der Waals surface area contributed by atoms with Crippen molar-refractivity contribution in [2.24, 2.45) is 0 Å². The van der Waals surface area contributed by atoms with E-state index >= 15 is 0 Å². The van der Waals surface area contributed by atoms with Gasteiger partial charge in [0.25, 0.3) is 0 Å². The second kappa shape index (κ2) is 12.0. The Hall–Kier alpha value is -5.53. The quantitative estimate of drug-likeness (QED) is 0.188. The smallest absolute Gasteiger partial charge is 0.416 e. The molecule has 6 aromatic carbocycles. The third-order valence-corrected chi connectivity index (χ3v) is 10.7. The summed E-state index contributed by atoms with van der Waals surface area (Å²) in [5.41, 5.74) is 8.13. The van der Waals surface area contributed by atoms with Crippen LogP contribution in [-0.4, -0.2) is 19.3 Å². The topological polar surface area (TPSA) is 47.9 Å². The Balaban J connectivity index is 1.38. The summed E-state index contributed by atoms with van der Waals surface area (Å²) in [4.78, 5) is 0. The number of aliphatic hydroxyl groups is 1. The van der Waals surface area contributed by atoms with Crippen LogP contribution in [0.15, 0.2) is 109 Å². The Morgan fingerprint density at radius 3 is 2.02 bits per heavy atom. The van der Waals surface area contributed by atoms with Gasteiger partial charge >= 0.3 is 6.18 Å². The van der Waals surface area contributed by atoms with Gasteiger partial charge in [-0.15, -0.1) is 0 Å². The highest BCUT2D eigenvalue weighted by atomic mass is 19.4. The molecule has 0 radical (unpaired) electrons. The molecule has 1 N–H and O–H groups in total. The summed E-state index contributed by atoms with van der Waals surface area (Å²) in [6.07, 6.45) is -0.117. The van der Waals surface area contributed by atoms with Crippen LogP contribution in [0, 0.1) is 6.92 Å². The van der Waals surface area contributed by atoms with E-state index in [9.17, 15) is 18.3 Å². The number of hydrogen-bond donors (Lipinski definition) is 1. The highest BCUT2D eigenvalue weighted by Gasteiger charge is 2.44. The van der Waals surface area contributed by atoms with Gasteiger partial charge in [-0.3, -0.25) is 0 Å². The van der Waals surface area contributed by atoms with Crippen molar-refractivity contribution in [1.82, 2.24) is 0 Å². The van der Waals surface area contributed by atoms with E-state index in [2.05, 4.69) is 69.3 Å². The molecule has 262 valence electrons. The average molecular weight is 699 g/mol. The van der Waals surface area contributed by atoms with E-state index < -0.39 is 22.8 Å². The summed E-state index contributed by atoms with van der Waals surface area (Å²) in [5.74, 6) is 1.98. The van der Waals surface area contributed by atoms with Gasteiger partial charge in [-0.2, -0.15) is 13.2 Å². The van der Waals surface area contributed by atoms with E-state index in [0.29, 0.717) is 22.6 Å². The predicted octanol–water partition coefficient (Wildman–Crippen LogP) is 11.0. The van der Waals surface area contributed by atoms with E-state index in [1.165, 1.54) is 12.1 Å². The number of rotatable bonds is 6. The molecule has 8 rings (SSSR count). The van der Waals surface area contributed by atoms with Crippen LogP contribution in [0.25, 0.3) is 39.1 Å². The molecule has 2 aliphatic rings. The van der Waals surface area contributed by atoms with Crippen molar-refractivity contribution < 1.29 is 32.5 Å². The van der Waals surface area contributed by atoms with Gasteiger partial charge in [0.2, 0.25) is 0 Å². The van der Waals surface area contributed by atoms with Crippen molar-refractivity contribution in [3.05, 3.63) is 154 Å². The highest BCUT2D eigenvalue weighted by Crippen LogP contribution is 2.59. The van der Waals surface area contributed by atoms with E-state index in [4.69, 9.17) is 14.2 Å². The third-order valence-electron chi connectivity index (χ3n) is 10.7. The van der Waals surface area contributed by atoms with Crippen LogP contribution in [0.1, 0.15) is 58.4 Å². The normalized spacial score (nSPS) is 16.9. The van der Waals surface area contributed by atoms with E-state index in [1.807, 2.05) is 42.5 Å². The maximum Gasteiger partial charge on any atom is 0.416 e. The van der Waals surface area contributed by atoms with Gasteiger partial charge in [0.1, 0.15) is 17.2 Å². The number of aryl methyl sites for hydroxylation is 1. The molecule has 1 aliphatic carbocycles. The van der Waals surface area contributed by atoms with Crippen LogP contribution in [0.2, 0.25) is 0 Å². The van der Waals surface area contributed by atoms with Crippen LogP contribution in [0.3, 0.4) is 0 Å². The van der Waals surface area contributed by atoms with Crippen molar-refractivity contribution in [3.63, 3.8) is 0 Å². The fourth-order valence-corrected chi connectivity index (χ4v) is 8.02. The van der Waals surface area contributed by atoms with Gasteiger partial charge in [-0.25, -0.2) is 0 Å². The maximum absolute atomic E-state index is 13.4. The van der Waals surface area contributed by atoms with Gasteiger partial charge in [0.15, 0.2) is 5.60 Å². The number of methoxy groups -OCH3 is 2. The predicted molar refractivity (Wildman–Crippen MR) is 199 cm³/mol. The fourth-order valence-electron chi connectivity index (χ4n) is 8.02. The van der Waals surface area contributed by atoms with Gasteiger partial charge in [0.05, 0.1) is 26.4 Å². The molecule has 0 aromatic heterocycles. The summed E-state index contributed by atoms with van der Waals surface area (Å²) < 4.78 is 58.8. The molecule has 0 fully saturated rings. The lowest BCUT2D eigenvalue weighted by molar-refractivity contribution is -0.137. The lowest BCUT2D eigenvalue weighted by Gasteiger charge is -2.38. The molecule has 0 saturated heterocycles. The molecule has 0 spiro atoms. The molecule has 0 amide bonds. The lowest BCUT2D eigenvalue weighted by Crippen LogP contribution is -2.35. The Morgan fingerprint density at radius 2 is 1.40 bits per heavy atom. The largest absolute Gasteiger partial charge is 0.497 e. The molecular formula is C45H37F3O4. The van der Waals surface area contributed by atoms with E-state index in [1.54, 1.807) is 14.2 Å². The van der Waals surface area contributed by atoms with Crippen LogP contribution in [0.4, 0.5) is 13.2 Å². The first kappa shape index (κ1) is 33.6. The number of benzene rings is 6. The monoisotopic (exact) mass is 698 g/mol. The summed E-state index contributed by atoms with van der Waals surface area (Å²) in [5, 5.41) is 12.2. The molecule has 0 saturated carbocycles. The second-order valence-corrected chi connectivity index (χ2v) is 14.1. The van der Waals surface area contributed by atoms with Gasteiger partial charge < -0.3 is 19.3 Å². The first-order valence-corrected chi connectivity index (χ1v) is 17.1. The summed E-state index contributed by atoms with van der Waals surface area (Å²) in [6.45, 7) is 6.20. The van der Waals surface area contributed by atoms with Crippen LogP contribution in [0.5, 0.6) is 17.2 Å². The van der Waals surface area contributed by atoms with Crippen LogP contribution >= 0.6 is 0 Å². The molecule has 1 heterocycles. The van der Waals surface area contributed by atoms with E-state index in [-0.39, 0.29) is 6.61 Å². The molecule has 52 heavy (non-hydrogen) atoms. The number of halogens is 3. The van der Waals surface area contributed by atoms with Crippen molar-refractivity contribution in [3.8, 4) is 39.5 Å².